The highest BCUT2D eigenvalue weighted by Crippen LogP contribution is 2.64. The van der Waals surface area contributed by atoms with E-state index in [9.17, 15) is 14.3 Å². The number of Topliss-reactive ketones (excluding diaryl/α,β-unsaturated/α-hetero) is 1. The fourth-order valence-corrected chi connectivity index (χ4v) is 9.00. The number of alkyl halides is 1. The van der Waals surface area contributed by atoms with Crippen molar-refractivity contribution in [2.24, 2.45) is 40.9 Å². The molecule has 0 aliphatic heterocycles. The Bertz CT molecular complexity index is 1120. The zero-order valence-electron chi connectivity index (χ0n) is 21.0. The van der Waals surface area contributed by atoms with Crippen LogP contribution < -0.4 is 4.74 Å². The number of carbonyl (C=O) groups is 1. The zero-order valence-corrected chi connectivity index (χ0v) is 21.0. The lowest BCUT2D eigenvalue weighted by atomic mass is 9.49. The molecule has 8 atom stereocenters. The van der Waals surface area contributed by atoms with E-state index in [0.29, 0.717) is 42.4 Å². The Morgan fingerprint density at radius 1 is 1.09 bits per heavy atom. The van der Waals surface area contributed by atoms with E-state index in [1.807, 2.05) is 18.2 Å². The van der Waals surface area contributed by atoms with Crippen molar-refractivity contribution in [1.82, 2.24) is 15.0 Å². The third-order valence-corrected chi connectivity index (χ3v) is 10.7. The van der Waals surface area contributed by atoms with Gasteiger partial charge in [-0.1, -0.05) is 6.92 Å². The van der Waals surface area contributed by atoms with Gasteiger partial charge in [-0.15, -0.1) is 0 Å². The summed E-state index contributed by atoms with van der Waals surface area (Å²) in [5.41, 5.74) is 0.490. The van der Waals surface area contributed by atoms with Crippen molar-refractivity contribution in [3.63, 3.8) is 0 Å². The van der Waals surface area contributed by atoms with Gasteiger partial charge in [0.15, 0.2) is 5.78 Å². The SMILES string of the molecule is COc1ccc2nn(CC(=O)[C@H]3CC[C@H]4[C@@H]5CC[C@H]6C[C@@](O)(CF)CC[C@@H]6[C@H]5CC[C@]34C)nc2c1. The van der Waals surface area contributed by atoms with Gasteiger partial charge in [-0.2, -0.15) is 15.0 Å². The molecule has 4 fully saturated rings. The van der Waals surface area contributed by atoms with Gasteiger partial charge in [0.25, 0.3) is 0 Å². The standard InChI is InChI=1S/C28H38FN3O3/c1-27-11-9-20-19-10-12-28(34,16-29)14-17(19)3-5-21(20)22(27)6-7-23(27)26(33)15-32-30-24-8-4-18(35-2)13-25(24)31-32/h4,8,13,17,19-23,34H,3,5-7,9-12,14-16H2,1-2H3/t17-,19-,20+,21+,22-,23+,27-,28+/m0/s1. The Balaban J connectivity index is 1.16. The van der Waals surface area contributed by atoms with Crippen molar-refractivity contribution in [2.75, 3.05) is 13.8 Å². The summed E-state index contributed by atoms with van der Waals surface area (Å²) in [5, 5.41) is 19.6. The van der Waals surface area contributed by atoms with Crippen LogP contribution in [0.25, 0.3) is 11.0 Å². The first-order valence-electron chi connectivity index (χ1n) is 13.5. The molecule has 1 aromatic heterocycles. The van der Waals surface area contributed by atoms with Gasteiger partial charge in [0.2, 0.25) is 0 Å². The van der Waals surface area contributed by atoms with Crippen molar-refractivity contribution >= 4 is 16.8 Å². The molecule has 4 aliphatic rings. The van der Waals surface area contributed by atoms with Crippen molar-refractivity contribution in [2.45, 2.75) is 76.9 Å². The summed E-state index contributed by atoms with van der Waals surface area (Å²) < 4.78 is 18.7. The second-order valence-electron chi connectivity index (χ2n) is 12.3. The minimum absolute atomic E-state index is 0.0508. The number of hydrogen-bond donors (Lipinski definition) is 1. The molecule has 4 saturated carbocycles. The molecule has 1 aromatic carbocycles. The maximum Gasteiger partial charge on any atom is 0.159 e. The van der Waals surface area contributed by atoms with E-state index < -0.39 is 12.3 Å². The fraction of sp³-hybridized carbons (Fsp3) is 0.750. The Morgan fingerprint density at radius 3 is 2.69 bits per heavy atom. The predicted molar refractivity (Wildman–Crippen MR) is 131 cm³/mol. The Hall–Kier alpha value is -2.02. The van der Waals surface area contributed by atoms with Gasteiger partial charge in [-0.25, -0.2) is 4.39 Å². The minimum Gasteiger partial charge on any atom is -0.497 e. The summed E-state index contributed by atoms with van der Waals surface area (Å²) in [6.07, 6.45) is 8.83. The summed E-state index contributed by atoms with van der Waals surface area (Å²) in [6.45, 7) is 1.99. The second-order valence-corrected chi connectivity index (χ2v) is 12.3. The molecule has 190 valence electrons. The van der Waals surface area contributed by atoms with E-state index in [1.54, 1.807) is 11.9 Å². The van der Waals surface area contributed by atoms with E-state index >= 15 is 0 Å². The number of hydrogen-bond acceptors (Lipinski definition) is 5. The van der Waals surface area contributed by atoms with Crippen LogP contribution in [0.5, 0.6) is 5.75 Å². The van der Waals surface area contributed by atoms with Gasteiger partial charge in [0, 0.05) is 12.0 Å². The number of carbonyl (C=O) groups excluding carboxylic acids is 1. The van der Waals surface area contributed by atoms with Crippen molar-refractivity contribution < 1.29 is 19.0 Å². The van der Waals surface area contributed by atoms with Gasteiger partial charge in [-0.3, -0.25) is 4.79 Å². The number of nitrogens with zero attached hydrogens (tertiary/aromatic N) is 3. The summed E-state index contributed by atoms with van der Waals surface area (Å²) in [7, 11) is 1.63. The average Bonchev–Trinajstić information content (AvgIpc) is 3.42. The van der Waals surface area contributed by atoms with E-state index in [-0.39, 0.29) is 23.7 Å². The quantitative estimate of drug-likeness (QED) is 0.649. The highest BCUT2D eigenvalue weighted by molar-refractivity contribution is 5.82. The smallest absolute Gasteiger partial charge is 0.159 e. The Morgan fingerprint density at radius 2 is 1.89 bits per heavy atom. The topological polar surface area (TPSA) is 77.2 Å². The molecular formula is C28H38FN3O3. The molecule has 7 heteroatoms. The summed E-state index contributed by atoms with van der Waals surface area (Å²) in [6, 6.07) is 5.60. The van der Waals surface area contributed by atoms with Crippen molar-refractivity contribution in [1.29, 1.82) is 0 Å². The molecule has 2 aromatic rings. The third kappa shape index (κ3) is 3.80. The molecule has 35 heavy (non-hydrogen) atoms. The number of benzene rings is 1. The molecule has 0 unspecified atom stereocenters. The normalized spacial score (nSPS) is 40.7. The first-order chi connectivity index (χ1) is 16.8. The van der Waals surface area contributed by atoms with Crippen LogP contribution in [0.2, 0.25) is 0 Å². The lowest BCUT2D eigenvalue weighted by Gasteiger charge is -2.56. The van der Waals surface area contributed by atoms with Gasteiger partial charge in [0.05, 0.1) is 12.7 Å². The molecule has 1 N–H and O–H groups in total. The second kappa shape index (κ2) is 8.53. The van der Waals surface area contributed by atoms with E-state index in [4.69, 9.17) is 4.74 Å². The highest BCUT2D eigenvalue weighted by Gasteiger charge is 2.59. The van der Waals surface area contributed by atoms with Gasteiger partial charge in [0.1, 0.15) is 30.0 Å². The number of ether oxygens (including phenoxy) is 1. The number of methoxy groups -OCH3 is 1. The van der Waals surface area contributed by atoms with Crippen molar-refractivity contribution in [3.05, 3.63) is 18.2 Å². The first-order valence-corrected chi connectivity index (χ1v) is 13.5. The lowest BCUT2D eigenvalue weighted by molar-refractivity contribution is -0.134. The Kier molecular flexibility index (Phi) is 5.70. The maximum absolute atomic E-state index is 13.6. The van der Waals surface area contributed by atoms with Crippen LogP contribution in [0.15, 0.2) is 18.2 Å². The first kappa shape index (κ1) is 23.4. The van der Waals surface area contributed by atoms with Crippen LogP contribution in [0.3, 0.4) is 0 Å². The van der Waals surface area contributed by atoms with Crippen molar-refractivity contribution in [3.8, 4) is 5.75 Å². The number of aliphatic hydroxyl groups is 1. The van der Waals surface area contributed by atoms with Crippen LogP contribution >= 0.6 is 0 Å². The number of halogens is 1. The number of aromatic nitrogens is 3. The van der Waals surface area contributed by atoms with Crippen LogP contribution in [-0.4, -0.2) is 45.3 Å². The molecule has 0 amide bonds. The predicted octanol–water partition coefficient (Wildman–Crippen LogP) is 4.98. The highest BCUT2D eigenvalue weighted by atomic mass is 19.1. The van der Waals surface area contributed by atoms with Gasteiger partial charge in [-0.05, 0) is 105 Å². The largest absolute Gasteiger partial charge is 0.497 e. The van der Waals surface area contributed by atoms with Gasteiger partial charge >= 0.3 is 0 Å². The molecule has 0 bridgehead atoms. The average molecular weight is 484 g/mol. The van der Waals surface area contributed by atoms with Crippen LogP contribution in [-0.2, 0) is 11.3 Å². The molecule has 0 radical (unpaired) electrons. The molecule has 0 spiro atoms. The monoisotopic (exact) mass is 483 g/mol. The lowest BCUT2D eigenvalue weighted by Crippen LogP contribution is -2.52. The Labute approximate surface area is 206 Å². The minimum atomic E-state index is -1.08. The maximum atomic E-state index is 13.6. The molecule has 4 aliphatic carbocycles. The molecule has 6 nitrogen and oxygen atoms in total. The number of ketones is 1. The summed E-state index contributed by atoms with van der Waals surface area (Å²) in [5.74, 6) is 4.09. The summed E-state index contributed by atoms with van der Waals surface area (Å²) >= 11 is 0. The molecule has 0 saturated heterocycles. The molecule has 1 heterocycles. The van der Waals surface area contributed by atoms with Gasteiger partial charge < -0.3 is 9.84 Å². The molecular weight excluding hydrogens is 445 g/mol. The third-order valence-electron chi connectivity index (χ3n) is 10.7. The zero-order chi connectivity index (χ0) is 24.4. The van der Waals surface area contributed by atoms with E-state index in [2.05, 4.69) is 17.1 Å². The van der Waals surface area contributed by atoms with Crippen LogP contribution in [0.1, 0.15) is 64.7 Å². The molecule has 6 rings (SSSR count). The number of rotatable bonds is 5. The van der Waals surface area contributed by atoms with E-state index in [0.717, 1.165) is 48.9 Å². The number of fused-ring (bicyclic) bond motifs is 6. The van der Waals surface area contributed by atoms with Crippen LogP contribution in [0.4, 0.5) is 4.39 Å². The summed E-state index contributed by atoms with van der Waals surface area (Å²) in [4.78, 5) is 15.1. The van der Waals surface area contributed by atoms with E-state index in [1.165, 1.54) is 12.8 Å². The van der Waals surface area contributed by atoms with Crippen LogP contribution in [0, 0.1) is 40.9 Å². The fourth-order valence-electron chi connectivity index (χ4n) is 9.00.